The molecule has 2 aromatic rings. The smallest absolute Gasteiger partial charge is 0.287 e. The van der Waals surface area contributed by atoms with Crippen molar-refractivity contribution in [2.75, 3.05) is 6.26 Å². The summed E-state index contributed by atoms with van der Waals surface area (Å²) in [5, 5.41) is 0.690. The van der Waals surface area contributed by atoms with Crippen LogP contribution in [-0.2, 0) is 9.84 Å². The van der Waals surface area contributed by atoms with Gasteiger partial charge in [-0.25, -0.2) is 22.8 Å². The molecule has 0 amide bonds. The van der Waals surface area contributed by atoms with Gasteiger partial charge in [0.15, 0.2) is 0 Å². The molecule has 1 aliphatic heterocycles. The summed E-state index contributed by atoms with van der Waals surface area (Å²) in [6, 6.07) is 6.32. The normalized spacial score (nSPS) is 22.9. The number of hydrogen-bond donors (Lipinski definition) is 2. The summed E-state index contributed by atoms with van der Waals surface area (Å²) in [6.45, 7) is 0. The topological polar surface area (TPSA) is 102 Å². The Bertz CT molecular complexity index is 1070. The van der Waals surface area contributed by atoms with Gasteiger partial charge in [-0.2, -0.15) is 0 Å². The average molecular weight is 418 g/mol. The highest BCUT2D eigenvalue weighted by Gasteiger charge is 2.38. The number of nitrogens with one attached hydrogen (secondary N) is 1. The van der Waals surface area contributed by atoms with Gasteiger partial charge in [0.2, 0.25) is 9.84 Å². The zero-order valence-electron chi connectivity index (χ0n) is 16.2. The van der Waals surface area contributed by atoms with Crippen LogP contribution < -0.4 is 11.1 Å². The molecule has 0 bridgehead atoms. The molecule has 1 unspecified atom stereocenters. The molecule has 0 radical (unpaired) electrons. The number of allylic oxidation sites excluding steroid dienone is 1. The van der Waals surface area contributed by atoms with Gasteiger partial charge in [0, 0.05) is 24.1 Å². The highest BCUT2D eigenvalue weighted by molar-refractivity contribution is 7.92. The Balaban J connectivity index is 1.88. The summed E-state index contributed by atoms with van der Waals surface area (Å²) < 4.78 is 39.9. The SMILES string of the molecule is CS(=O)(=O)C1(N)N=C(c2c(-c3ccc(F)cc3)ncn2C2CCCCC2)C=CN1. The number of imidazole rings is 1. The number of halogens is 1. The maximum Gasteiger partial charge on any atom is 0.287 e. The Kier molecular flexibility index (Phi) is 5.04. The maximum atomic E-state index is 13.4. The summed E-state index contributed by atoms with van der Waals surface area (Å²) >= 11 is 0. The second kappa shape index (κ2) is 7.38. The van der Waals surface area contributed by atoms with Crippen molar-refractivity contribution in [3.8, 4) is 11.3 Å². The van der Waals surface area contributed by atoms with Gasteiger partial charge >= 0.3 is 0 Å². The van der Waals surface area contributed by atoms with E-state index in [1.807, 2.05) is 0 Å². The fourth-order valence-corrected chi connectivity index (χ4v) is 4.43. The van der Waals surface area contributed by atoms with Gasteiger partial charge in [-0.05, 0) is 43.2 Å². The van der Waals surface area contributed by atoms with Gasteiger partial charge in [-0.3, -0.25) is 5.73 Å². The van der Waals surface area contributed by atoms with Crippen LogP contribution in [0.15, 0.2) is 47.9 Å². The number of aliphatic imine (C=N–C) groups is 1. The molecule has 4 rings (SSSR count). The lowest BCUT2D eigenvalue weighted by Gasteiger charge is -2.29. The molecule has 9 heteroatoms. The second-order valence-electron chi connectivity index (χ2n) is 7.59. The molecule has 29 heavy (non-hydrogen) atoms. The largest absolute Gasteiger partial charge is 0.343 e. The monoisotopic (exact) mass is 417 g/mol. The van der Waals surface area contributed by atoms with Crippen molar-refractivity contribution in [3.63, 3.8) is 0 Å². The first kappa shape index (κ1) is 19.8. The van der Waals surface area contributed by atoms with Crippen LogP contribution >= 0.6 is 0 Å². The van der Waals surface area contributed by atoms with Crippen molar-refractivity contribution in [1.82, 2.24) is 14.9 Å². The molecule has 1 aromatic carbocycles. The first-order chi connectivity index (χ1) is 13.8. The molecule has 3 N–H and O–H groups in total. The van der Waals surface area contributed by atoms with Crippen molar-refractivity contribution in [1.29, 1.82) is 0 Å². The van der Waals surface area contributed by atoms with E-state index in [4.69, 9.17) is 5.73 Å². The van der Waals surface area contributed by atoms with Gasteiger partial charge in [-0.15, -0.1) is 0 Å². The lowest BCUT2D eigenvalue weighted by atomic mass is 9.94. The molecule has 1 fully saturated rings. The third kappa shape index (κ3) is 3.72. The van der Waals surface area contributed by atoms with Crippen LogP contribution in [0.1, 0.15) is 43.8 Å². The molecule has 7 nitrogen and oxygen atoms in total. The van der Waals surface area contributed by atoms with Crippen LogP contribution in [0.5, 0.6) is 0 Å². The molecule has 0 spiro atoms. The van der Waals surface area contributed by atoms with Crippen molar-refractivity contribution >= 4 is 15.5 Å². The molecule has 2 heterocycles. The van der Waals surface area contributed by atoms with Crippen molar-refractivity contribution in [3.05, 3.63) is 54.4 Å². The van der Waals surface area contributed by atoms with Crippen LogP contribution in [0.3, 0.4) is 0 Å². The minimum absolute atomic E-state index is 0.247. The van der Waals surface area contributed by atoms with E-state index in [9.17, 15) is 12.8 Å². The van der Waals surface area contributed by atoms with Gasteiger partial charge in [0.25, 0.3) is 5.12 Å². The molecule has 1 atom stereocenters. The summed E-state index contributed by atoms with van der Waals surface area (Å²) in [7, 11) is -3.72. The zero-order chi connectivity index (χ0) is 20.6. The van der Waals surface area contributed by atoms with Crippen LogP contribution in [0, 0.1) is 5.82 Å². The van der Waals surface area contributed by atoms with E-state index in [0.717, 1.165) is 37.5 Å². The minimum Gasteiger partial charge on any atom is -0.343 e. The number of benzene rings is 1. The minimum atomic E-state index is -3.72. The zero-order valence-corrected chi connectivity index (χ0v) is 17.0. The van der Waals surface area contributed by atoms with Gasteiger partial charge < -0.3 is 9.88 Å². The van der Waals surface area contributed by atoms with Crippen LogP contribution in [-0.4, -0.2) is 35.1 Å². The third-order valence-corrected chi connectivity index (χ3v) is 6.85. The fourth-order valence-electron chi connectivity index (χ4n) is 3.88. The summed E-state index contributed by atoms with van der Waals surface area (Å²) in [5.41, 5.74) is 8.53. The molecule has 1 aromatic heterocycles. The summed E-state index contributed by atoms with van der Waals surface area (Å²) in [4.78, 5) is 8.95. The van der Waals surface area contributed by atoms with Crippen LogP contribution in [0.4, 0.5) is 4.39 Å². The maximum absolute atomic E-state index is 13.4. The molecule has 154 valence electrons. The first-order valence-electron chi connectivity index (χ1n) is 9.64. The molecule has 0 saturated heterocycles. The number of rotatable bonds is 4. The number of sulfone groups is 1. The predicted molar refractivity (Wildman–Crippen MR) is 110 cm³/mol. The van der Waals surface area contributed by atoms with Crippen molar-refractivity contribution in [2.45, 2.75) is 43.3 Å². The predicted octanol–water partition coefficient (Wildman–Crippen LogP) is 2.72. The highest BCUT2D eigenvalue weighted by Crippen LogP contribution is 2.34. The second-order valence-corrected chi connectivity index (χ2v) is 9.76. The highest BCUT2D eigenvalue weighted by atomic mass is 32.2. The lowest BCUT2D eigenvalue weighted by molar-refractivity contribution is 0.352. The van der Waals surface area contributed by atoms with Crippen LogP contribution in [0.25, 0.3) is 11.3 Å². The Morgan fingerprint density at radius 3 is 2.55 bits per heavy atom. The van der Waals surface area contributed by atoms with E-state index in [1.165, 1.54) is 24.8 Å². The first-order valence-corrected chi connectivity index (χ1v) is 11.5. The Hall–Kier alpha value is -2.52. The van der Waals surface area contributed by atoms with E-state index in [1.54, 1.807) is 24.5 Å². The molecular formula is C20H24FN5O2S. The molecular weight excluding hydrogens is 393 g/mol. The summed E-state index contributed by atoms with van der Waals surface area (Å²) in [6.07, 6.45) is 11.5. The Morgan fingerprint density at radius 2 is 1.90 bits per heavy atom. The third-order valence-electron chi connectivity index (χ3n) is 5.51. The van der Waals surface area contributed by atoms with Gasteiger partial charge in [-0.1, -0.05) is 19.3 Å². The van der Waals surface area contributed by atoms with E-state index >= 15 is 0 Å². The summed E-state index contributed by atoms with van der Waals surface area (Å²) in [5.74, 6) is -0.334. The van der Waals surface area contributed by atoms with Crippen molar-refractivity contribution < 1.29 is 12.8 Å². The Labute approximate surface area is 169 Å². The standard InChI is InChI=1S/C20H24FN5O2S/c1-29(27,28)20(22)24-12-11-17(25-20)19-18(14-7-9-15(21)10-8-14)23-13-26(19)16-5-3-2-4-6-16/h7-13,16,24H,2-6,22H2,1H3. The molecule has 1 aliphatic carbocycles. The fraction of sp³-hybridized carbons (Fsp3) is 0.400. The van der Waals surface area contributed by atoms with E-state index in [0.29, 0.717) is 17.1 Å². The number of aromatic nitrogens is 2. The van der Waals surface area contributed by atoms with E-state index in [-0.39, 0.29) is 11.9 Å². The van der Waals surface area contributed by atoms with Gasteiger partial charge in [0.05, 0.1) is 23.4 Å². The number of hydrogen-bond acceptors (Lipinski definition) is 6. The lowest BCUT2D eigenvalue weighted by Crippen LogP contribution is -2.57. The van der Waals surface area contributed by atoms with Crippen molar-refractivity contribution in [2.24, 2.45) is 10.7 Å². The van der Waals surface area contributed by atoms with Gasteiger partial charge in [0.1, 0.15) is 5.82 Å². The average Bonchev–Trinajstić information content (AvgIpc) is 3.13. The molecule has 2 aliphatic rings. The quantitative estimate of drug-likeness (QED) is 0.796. The number of nitrogens with two attached hydrogens (primary N) is 1. The Morgan fingerprint density at radius 1 is 1.21 bits per heavy atom. The molecule has 1 saturated carbocycles. The van der Waals surface area contributed by atoms with E-state index < -0.39 is 15.0 Å². The van der Waals surface area contributed by atoms with E-state index in [2.05, 4.69) is 19.9 Å². The number of nitrogens with zero attached hydrogens (tertiary/aromatic N) is 3. The van der Waals surface area contributed by atoms with Crippen LogP contribution in [0.2, 0.25) is 0 Å².